The standard InChI is InChI=1S/C21H30N2O5/c1-14-12-16(3)17(13-15(14)2)18-19(24)21(6-8-22(27-5)9-7-21)23(20(18)25)28-11-10-26-4/h12-13,18H,6-11H2,1-5H3. The van der Waals surface area contributed by atoms with Gasteiger partial charge in [0.05, 0.1) is 20.3 Å². The lowest BCUT2D eigenvalue weighted by molar-refractivity contribution is -0.232. The highest BCUT2D eigenvalue weighted by atomic mass is 16.7. The molecule has 3 rings (SSSR count). The number of hydrogen-bond donors (Lipinski definition) is 0. The molecule has 1 spiro atoms. The topological polar surface area (TPSA) is 68.3 Å². The van der Waals surface area contributed by atoms with Crippen molar-refractivity contribution in [3.63, 3.8) is 0 Å². The summed E-state index contributed by atoms with van der Waals surface area (Å²) in [6, 6.07) is 4.02. The molecule has 0 aliphatic carbocycles. The van der Waals surface area contributed by atoms with E-state index in [1.165, 1.54) is 5.06 Å². The number of amides is 1. The van der Waals surface area contributed by atoms with Crippen molar-refractivity contribution in [2.75, 3.05) is 40.5 Å². The number of nitrogens with zero attached hydrogens (tertiary/aromatic N) is 2. The Bertz CT molecular complexity index is 755. The second-order valence-corrected chi connectivity index (χ2v) is 7.69. The molecule has 0 aromatic heterocycles. The molecule has 0 saturated carbocycles. The van der Waals surface area contributed by atoms with Crippen molar-refractivity contribution in [2.45, 2.75) is 45.1 Å². The highest BCUT2D eigenvalue weighted by Crippen LogP contribution is 2.44. The molecule has 7 nitrogen and oxygen atoms in total. The van der Waals surface area contributed by atoms with Gasteiger partial charge in [-0.1, -0.05) is 12.1 Å². The van der Waals surface area contributed by atoms with Crippen LogP contribution in [0, 0.1) is 20.8 Å². The summed E-state index contributed by atoms with van der Waals surface area (Å²) in [7, 11) is 3.20. The minimum atomic E-state index is -0.949. The van der Waals surface area contributed by atoms with Crippen LogP contribution in [0.2, 0.25) is 0 Å². The fourth-order valence-corrected chi connectivity index (χ4v) is 4.26. The third kappa shape index (κ3) is 3.48. The number of aryl methyl sites for hydroxylation is 3. The van der Waals surface area contributed by atoms with Gasteiger partial charge in [-0.3, -0.25) is 14.4 Å². The Morgan fingerprint density at radius 2 is 1.64 bits per heavy atom. The van der Waals surface area contributed by atoms with Crippen LogP contribution in [-0.2, 0) is 24.0 Å². The van der Waals surface area contributed by atoms with Gasteiger partial charge in [0.2, 0.25) is 0 Å². The van der Waals surface area contributed by atoms with E-state index in [1.807, 2.05) is 38.0 Å². The predicted octanol–water partition coefficient (Wildman–Crippen LogP) is 2.08. The number of piperidine rings is 1. The summed E-state index contributed by atoms with van der Waals surface area (Å²) in [5.74, 6) is -1.17. The van der Waals surface area contributed by atoms with Gasteiger partial charge >= 0.3 is 0 Å². The van der Waals surface area contributed by atoms with Crippen molar-refractivity contribution in [1.82, 2.24) is 10.1 Å². The lowest BCUT2D eigenvalue weighted by Crippen LogP contribution is -2.56. The smallest absolute Gasteiger partial charge is 0.262 e. The van der Waals surface area contributed by atoms with E-state index in [9.17, 15) is 9.59 Å². The predicted molar refractivity (Wildman–Crippen MR) is 104 cm³/mol. The molecule has 154 valence electrons. The van der Waals surface area contributed by atoms with Gasteiger partial charge in [0.25, 0.3) is 5.91 Å². The number of carbonyl (C=O) groups excluding carboxylic acids is 2. The van der Waals surface area contributed by atoms with E-state index in [2.05, 4.69) is 0 Å². The zero-order chi connectivity index (χ0) is 20.5. The maximum atomic E-state index is 13.6. The van der Waals surface area contributed by atoms with Crippen LogP contribution in [0.5, 0.6) is 0 Å². The SMILES string of the molecule is COCCON1C(=O)C(c2cc(C)c(C)cc2C)C(=O)C12CCN(OC)CC2. The van der Waals surface area contributed by atoms with E-state index in [4.69, 9.17) is 14.4 Å². The molecule has 1 aromatic carbocycles. The van der Waals surface area contributed by atoms with Gasteiger partial charge in [0, 0.05) is 20.2 Å². The van der Waals surface area contributed by atoms with Gasteiger partial charge in [-0.05, 0) is 55.9 Å². The van der Waals surface area contributed by atoms with E-state index in [0.29, 0.717) is 32.5 Å². The quantitative estimate of drug-likeness (QED) is 0.547. The van der Waals surface area contributed by atoms with Crippen molar-refractivity contribution in [2.24, 2.45) is 0 Å². The molecule has 7 heteroatoms. The van der Waals surface area contributed by atoms with E-state index in [1.54, 1.807) is 14.2 Å². The maximum Gasteiger partial charge on any atom is 0.262 e. The summed E-state index contributed by atoms with van der Waals surface area (Å²) >= 11 is 0. The largest absolute Gasteiger partial charge is 0.382 e. The van der Waals surface area contributed by atoms with Crippen molar-refractivity contribution >= 4 is 11.7 Å². The molecule has 1 amide bonds. The fourth-order valence-electron chi connectivity index (χ4n) is 4.26. The van der Waals surface area contributed by atoms with Crippen LogP contribution in [0.25, 0.3) is 0 Å². The molecule has 2 saturated heterocycles. The molecular weight excluding hydrogens is 360 g/mol. The second-order valence-electron chi connectivity index (χ2n) is 7.69. The van der Waals surface area contributed by atoms with Gasteiger partial charge in [-0.2, -0.15) is 5.06 Å². The third-order valence-electron chi connectivity index (χ3n) is 6.07. The number of Topliss-reactive ketones (excluding diaryl/α,β-unsaturated/α-hetero) is 1. The van der Waals surface area contributed by atoms with Crippen LogP contribution in [0.1, 0.15) is 41.0 Å². The van der Waals surface area contributed by atoms with E-state index >= 15 is 0 Å². The first kappa shape index (κ1) is 20.9. The lowest BCUT2D eigenvalue weighted by atomic mass is 9.79. The molecule has 0 N–H and O–H groups in total. The summed E-state index contributed by atoms with van der Waals surface area (Å²) in [6.45, 7) is 7.71. The number of hydroxylamine groups is 4. The molecule has 2 fully saturated rings. The number of benzene rings is 1. The average molecular weight is 390 g/mol. The third-order valence-corrected chi connectivity index (χ3v) is 6.07. The molecule has 2 aliphatic rings. The van der Waals surface area contributed by atoms with Crippen LogP contribution >= 0.6 is 0 Å². The van der Waals surface area contributed by atoms with Gasteiger partial charge < -0.3 is 9.57 Å². The Hall–Kier alpha value is -1.80. The van der Waals surface area contributed by atoms with Crippen LogP contribution in [-0.4, -0.2) is 67.9 Å². The van der Waals surface area contributed by atoms with Gasteiger partial charge in [0.1, 0.15) is 11.5 Å². The van der Waals surface area contributed by atoms with Crippen LogP contribution in [0.15, 0.2) is 12.1 Å². The second kappa shape index (κ2) is 8.29. The Balaban J connectivity index is 1.98. The normalized spacial score (nSPS) is 22.5. The van der Waals surface area contributed by atoms with Crippen molar-refractivity contribution in [3.05, 3.63) is 34.4 Å². The zero-order valence-electron chi connectivity index (χ0n) is 17.4. The van der Waals surface area contributed by atoms with Crippen LogP contribution in [0.3, 0.4) is 0 Å². The van der Waals surface area contributed by atoms with Gasteiger partial charge in [-0.15, -0.1) is 0 Å². The first-order chi connectivity index (χ1) is 13.4. The Labute approximate surface area is 166 Å². The van der Waals surface area contributed by atoms with Gasteiger partial charge in [-0.25, -0.2) is 5.06 Å². The van der Waals surface area contributed by atoms with Gasteiger partial charge in [0.15, 0.2) is 5.78 Å². The molecule has 2 aliphatic heterocycles. The van der Waals surface area contributed by atoms with E-state index in [0.717, 1.165) is 22.3 Å². The molecule has 1 unspecified atom stereocenters. The summed E-state index contributed by atoms with van der Waals surface area (Å²) in [5.41, 5.74) is 3.01. The highest BCUT2D eigenvalue weighted by Gasteiger charge is 2.60. The number of carbonyl (C=O) groups is 2. The molecule has 0 radical (unpaired) electrons. The summed E-state index contributed by atoms with van der Waals surface area (Å²) in [4.78, 5) is 38.1. The number of ether oxygens (including phenoxy) is 1. The van der Waals surface area contributed by atoms with E-state index < -0.39 is 11.5 Å². The molecule has 0 bridgehead atoms. The fraction of sp³-hybridized carbons (Fsp3) is 0.619. The molecule has 28 heavy (non-hydrogen) atoms. The first-order valence-corrected chi connectivity index (χ1v) is 9.72. The Kier molecular flexibility index (Phi) is 6.19. The average Bonchev–Trinajstić information content (AvgIpc) is 2.87. The number of ketones is 1. The minimum absolute atomic E-state index is 0.0722. The summed E-state index contributed by atoms with van der Waals surface area (Å²) < 4.78 is 5.06. The Morgan fingerprint density at radius 1 is 1.00 bits per heavy atom. The maximum absolute atomic E-state index is 13.6. The minimum Gasteiger partial charge on any atom is -0.382 e. The Morgan fingerprint density at radius 3 is 2.25 bits per heavy atom. The van der Waals surface area contributed by atoms with Crippen molar-refractivity contribution < 1.29 is 24.0 Å². The number of hydrogen-bond acceptors (Lipinski definition) is 6. The van der Waals surface area contributed by atoms with E-state index in [-0.39, 0.29) is 18.3 Å². The molecule has 2 heterocycles. The van der Waals surface area contributed by atoms with Crippen molar-refractivity contribution in [1.29, 1.82) is 0 Å². The zero-order valence-corrected chi connectivity index (χ0v) is 17.4. The first-order valence-electron chi connectivity index (χ1n) is 9.72. The summed E-state index contributed by atoms with van der Waals surface area (Å²) in [6.07, 6.45) is 0.970. The molecule has 1 atom stereocenters. The van der Waals surface area contributed by atoms with Crippen LogP contribution < -0.4 is 0 Å². The lowest BCUT2D eigenvalue weighted by Gasteiger charge is -2.41. The number of rotatable bonds is 6. The monoisotopic (exact) mass is 390 g/mol. The summed E-state index contributed by atoms with van der Waals surface area (Å²) in [5, 5.41) is 3.16. The molecule has 1 aromatic rings. The molecular formula is C21H30N2O5. The highest BCUT2D eigenvalue weighted by molar-refractivity contribution is 6.17. The number of methoxy groups -OCH3 is 1. The van der Waals surface area contributed by atoms with Crippen LogP contribution in [0.4, 0.5) is 0 Å². The van der Waals surface area contributed by atoms with Crippen molar-refractivity contribution in [3.8, 4) is 0 Å².